The molecule has 140 valence electrons. The van der Waals surface area contributed by atoms with Crippen LogP contribution in [0, 0.1) is 0 Å². The van der Waals surface area contributed by atoms with Crippen molar-refractivity contribution in [3.8, 4) is 0 Å². The lowest BCUT2D eigenvalue weighted by Gasteiger charge is -2.18. The second-order valence-electron chi connectivity index (χ2n) is 5.91. The normalized spacial score (nSPS) is 11.5. The summed E-state index contributed by atoms with van der Waals surface area (Å²) in [6.07, 6.45) is 0. The van der Waals surface area contributed by atoms with Crippen molar-refractivity contribution in [3.63, 3.8) is 0 Å². The van der Waals surface area contributed by atoms with Crippen molar-refractivity contribution < 1.29 is 17.6 Å². The molecule has 2 N–H and O–H groups in total. The van der Waals surface area contributed by atoms with Crippen LogP contribution in [-0.2, 0) is 10.0 Å². The lowest BCUT2D eigenvalue weighted by molar-refractivity contribution is 0.0919. The summed E-state index contributed by atoms with van der Waals surface area (Å²) >= 11 is 0. The molecule has 0 bridgehead atoms. The Balaban J connectivity index is 1.77. The maximum absolute atomic E-state index is 12.4. The van der Waals surface area contributed by atoms with Crippen molar-refractivity contribution in [3.05, 3.63) is 89.7 Å². The maximum atomic E-state index is 12.4. The average Bonchev–Trinajstić information content (AvgIpc) is 3.21. The van der Waals surface area contributed by atoms with Crippen LogP contribution < -0.4 is 10.0 Å². The summed E-state index contributed by atoms with van der Waals surface area (Å²) in [6.45, 7) is 0.349. The Morgan fingerprint density at radius 3 is 2.00 bits per heavy atom. The second kappa shape index (κ2) is 8.20. The molecule has 0 fully saturated rings. The van der Waals surface area contributed by atoms with Gasteiger partial charge in [0.25, 0.3) is 15.9 Å². The summed E-state index contributed by atoms with van der Waals surface area (Å²) in [4.78, 5) is 12.4. The van der Waals surface area contributed by atoms with E-state index in [1.165, 1.54) is 19.2 Å². The quantitative estimate of drug-likeness (QED) is 0.656. The Hall–Kier alpha value is -2.90. The van der Waals surface area contributed by atoms with Gasteiger partial charge in [0, 0.05) is 12.5 Å². The number of nitrogens with one attached hydrogen (secondary N) is 2. The molecule has 1 aromatic heterocycles. The van der Waals surface area contributed by atoms with E-state index in [2.05, 4.69) is 10.0 Å². The standard InChI is InChI=1S/C20H20N2O4S/c1-21-27(24,25)19-13-12-18(26-19)20(23)22-14-17(15-8-4-2-5-9-15)16-10-6-3-7-11-16/h2-13,17,21H,14H2,1H3,(H,22,23). The third kappa shape index (κ3) is 4.45. The van der Waals surface area contributed by atoms with Gasteiger partial charge in [-0.25, -0.2) is 13.1 Å². The molecule has 2 aromatic carbocycles. The van der Waals surface area contributed by atoms with Crippen molar-refractivity contribution in [1.29, 1.82) is 0 Å². The summed E-state index contributed by atoms with van der Waals surface area (Å²) in [7, 11) is -2.45. The average molecular weight is 384 g/mol. The smallest absolute Gasteiger partial charge is 0.287 e. The Bertz CT molecular complexity index is 959. The Morgan fingerprint density at radius 1 is 0.926 bits per heavy atom. The molecule has 1 heterocycles. The first-order valence-electron chi connectivity index (χ1n) is 8.43. The SMILES string of the molecule is CNS(=O)(=O)c1ccc(C(=O)NCC(c2ccccc2)c2ccccc2)o1. The molecule has 1 amide bonds. The molecule has 0 radical (unpaired) electrons. The third-order valence-electron chi connectivity index (χ3n) is 4.21. The highest BCUT2D eigenvalue weighted by Crippen LogP contribution is 2.24. The van der Waals surface area contributed by atoms with Crippen LogP contribution >= 0.6 is 0 Å². The molecule has 3 aromatic rings. The first kappa shape index (κ1) is 18.9. The van der Waals surface area contributed by atoms with Crippen molar-refractivity contribution in [1.82, 2.24) is 10.0 Å². The predicted octanol–water partition coefficient (Wildman–Crippen LogP) is 2.75. The summed E-state index contributed by atoms with van der Waals surface area (Å²) in [5.74, 6) is -0.556. The number of carbonyl (C=O) groups excluding carboxylic acids is 1. The fraction of sp³-hybridized carbons (Fsp3) is 0.150. The highest BCUT2D eigenvalue weighted by atomic mass is 32.2. The Labute approximate surface area is 158 Å². The Kier molecular flexibility index (Phi) is 5.73. The van der Waals surface area contributed by atoms with Crippen molar-refractivity contribution in [2.24, 2.45) is 0 Å². The number of hydrogen-bond acceptors (Lipinski definition) is 4. The summed E-state index contributed by atoms with van der Waals surface area (Å²) < 4.78 is 30.8. The zero-order valence-electron chi connectivity index (χ0n) is 14.8. The predicted molar refractivity (Wildman–Crippen MR) is 102 cm³/mol. The van der Waals surface area contributed by atoms with E-state index >= 15 is 0 Å². The molecule has 0 saturated heterocycles. The van der Waals surface area contributed by atoms with Crippen LogP contribution in [0.5, 0.6) is 0 Å². The van der Waals surface area contributed by atoms with E-state index in [4.69, 9.17) is 4.42 Å². The van der Waals surface area contributed by atoms with Crippen molar-refractivity contribution >= 4 is 15.9 Å². The number of hydrogen-bond donors (Lipinski definition) is 2. The van der Waals surface area contributed by atoms with E-state index in [9.17, 15) is 13.2 Å². The van der Waals surface area contributed by atoms with Gasteiger partial charge in [-0.3, -0.25) is 4.79 Å². The lowest BCUT2D eigenvalue weighted by Crippen LogP contribution is -2.28. The first-order valence-corrected chi connectivity index (χ1v) is 9.91. The summed E-state index contributed by atoms with van der Waals surface area (Å²) in [5.41, 5.74) is 2.14. The van der Waals surface area contributed by atoms with Gasteiger partial charge >= 0.3 is 0 Å². The fourth-order valence-electron chi connectivity index (χ4n) is 2.77. The van der Waals surface area contributed by atoms with E-state index in [0.717, 1.165) is 11.1 Å². The summed E-state index contributed by atoms with van der Waals surface area (Å²) in [6, 6.07) is 22.3. The number of amides is 1. The minimum Gasteiger partial charge on any atom is -0.438 e. The van der Waals surface area contributed by atoms with Crippen LogP contribution in [-0.4, -0.2) is 27.9 Å². The van der Waals surface area contributed by atoms with Gasteiger partial charge in [0.05, 0.1) is 0 Å². The lowest BCUT2D eigenvalue weighted by atomic mass is 9.91. The van der Waals surface area contributed by atoms with Crippen LogP contribution in [0.3, 0.4) is 0 Å². The number of rotatable bonds is 7. The molecule has 0 unspecified atom stereocenters. The topological polar surface area (TPSA) is 88.4 Å². The van der Waals surface area contributed by atoms with Crippen LogP contribution in [0.1, 0.15) is 27.6 Å². The van der Waals surface area contributed by atoms with Crippen LogP contribution in [0.15, 0.2) is 82.3 Å². The molecule has 7 heteroatoms. The van der Waals surface area contributed by atoms with E-state index in [1.54, 1.807) is 0 Å². The molecule has 0 saturated carbocycles. The fourth-order valence-corrected chi connectivity index (χ4v) is 3.42. The number of carbonyl (C=O) groups is 1. The monoisotopic (exact) mass is 384 g/mol. The van der Waals surface area contributed by atoms with E-state index in [-0.39, 0.29) is 16.8 Å². The van der Waals surface area contributed by atoms with Gasteiger partial charge in [0.2, 0.25) is 5.09 Å². The van der Waals surface area contributed by atoms with Crippen LogP contribution in [0.2, 0.25) is 0 Å². The molecular formula is C20H20N2O4S. The molecule has 0 aliphatic carbocycles. The molecule has 0 atom stereocenters. The van der Waals surface area contributed by atoms with Gasteiger partial charge in [-0.1, -0.05) is 60.7 Å². The van der Waals surface area contributed by atoms with Crippen molar-refractivity contribution in [2.75, 3.05) is 13.6 Å². The molecule has 3 rings (SSSR count). The van der Waals surface area contributed by atoms with Crippen LogP contribution in [0.4, 0.5) is 0 Å². The first-order chi connectivity index (χ1) is 13.0. The third-order valence-corrected chi connectivity index (χ3v) is 5.50. The number of furan rings is 1. The molecule has 0 aliphatic heterocycles. The number of sulfonamides is 1. The van der Waals surface area contributed by atoms with Gasteiger partial charge in [0.15, 0.2) is 5.76 Å². The Morgan fingerprint density at radius 2 is 1.48 bits per heavy atom. The number of benzene rings is 2. The highest BCUT2D eigenvalue weighted by molar-refractivity contribution is 7.89. The van der Waals surface area contributed by atoms with Gasteiger partial charge in [0.1, 0.15) is 0 Å². The second-order valence-corrected chi connectivity index (χ2v) is 7.73. The van der Waals surface area contributed by atoms with E-state index < -0.39 is 15.9 Å². The highest BCUT2D eigenvalue weighted by Gasteiger charge is 2.21. The van der Waals surface area contributed by atoms with Gasteiger partial charge in [-0.2, -0.15) is 0 Å². The largest absolute Gasteiger partial charge is 0.438 e. The van der Waals surface area contributed by atoms with E-state index in [0.29, 0.717) is 6.54 Å². The van der Waals surface area contributed by atoms with Crippen LogP contribution in [0.25, 0.3) is 0 Å². The van der Waals surface area contributed by atoms with Crippen molar-refractivity contribution in [2.45, 2.75) is 11.0 Å². The minimum absolute atomic E-state index is 0.0353. The zero-order valence-corrected chi connectivity index (χ0v) is 15.6. The van der Waals surface area contributed by atoms with Gasteiger partial charge in [-0.05, 0) is 30.3 Å². The molecular weight excluding hydrogens is 364 g/mol. The van der Waals surface area contributed by atoms with Gasteiger partial charge in [-0.15, -0.1) is 0 Å². The molecule has 0 aliphatic rings. The molecule has 27 heavy (non-hydrogen) atoms. The maximum Gasteiger partial charge on any atom is 0.287 e. The zero-order chi connectivity index (χ0) is 19.3. The molecule has 6 nitrogen and oxygen atoms in total. The molecule has 0 spiro atoms. The van der Waals surface area contributed by atoms with E-state index in [1.807, 2.05) is 60.7 Å². The summed E-state index contributed by atoms with van der Waals surface area (Å²) in [5, 5.41) is 2.54. The minimum atomic E-state index is -3.72. The van der Waals surface area contributed by atoms with Gasteiger partial charge < -0.3 is 9.73 Å².